The molecule has 3 heteroatoms. The molecule has 2 nitrogen and oxygen atoms in total. The zero-order chi connectivity index (χ0) is 23.5. The first-order valence-corrected chi connectivity index (χ1v) is 13.9. The van der Waals surface area contributed by atoms with Crippen LogP contribution in [0.5, 0.6) is 5.75 Å². The summed E-state index contributed by atoms with van der Waals surface area (Å²) in [6.07, 6.45) is 6.02. The SMILES string of the molecule is Cc1cc([SH](c2ccccc2)c2ccccc2)cc(C)c1OC(=O)C1(C)CC2CC3CC3(C2)C1. The Morgan fingerprint density at radius 2 is 1.44 bits per heavy atom. The first-order chi connectivity index (χ1) is 16.4. The smallest absolute Gasteiger partial charge is 0.317 e. The number of carbonyl (C=O) groups is 1. The Morgan fingerprint density at radius 3 is 2.00 bits per heavy atom. The minimum absolute atomic E-state index is 0.0172. The Labute approximate surface area is 206 Å². The fraction of sp³-hybridized carbons (Fsp3) is 0.387. The summed E-state index contributed by atoms with van der Waals surface area (Å²) in [7, 11) is -0.679. The summed E-state index contributed by atoms with van der Waals surface area (Å²) >= 11 is 0. The number of benzene rings is 3. The predicted octanol–water partition coefficient (Wildman–Crippen LogP) is 7.90. The zero-order valence-corrected chi connectivity index (χ0v) is 21.3. The summed E-state index contributed by atoms with van der Waals surface area (Å²) in [4.78, 5) is 17.5. The maximum absolute atomic E-state index is 13.5. The van der Waals surface area contributed by atoms with Crippen molar-refractivity contribution >= 4 is 16.9 Å². The van der Waals surface area contributed by atoms with Gasteiger partial charge in [-0.3, -0.25) is 4.79 Å². The van der Waals surface area contributed by atoms with Crippen molar-refractivity contribution in [2.45, 2.75) is 67.6 Å². The molecule has 0 saturated heterocycles. The average Bonchev–Trinajstić information content (AvgIpc) is 3.37. The number of hydrogen-bond donors (Lipinski definition) is 1. The Kier molecular flexibility index (Phi) is 5.18. The number of fused-ring (bicyclic) bond motifs is 1. The summed E-state index contributed by atoms with van der Waals surface area (Å²) in [6.45, 7) is 6.34. The van der Waals surface area contributed by atoms with Crippen molar-refractivity contribution in [3.05, 3.63) is 83.9 Å². The van der Waals surface area contributed by atoms with Gasteiger partial charge >= 0.3 is 5.97 Å². The molecule has 3 aromatic rings. The summed E-state index contributed by atoms with van der Waals surface area (Å²) in [6, 6.07) is 26.0. The second-order valence-corrected chi connectivity index (χ2v) is 13.5. The summed E-state index contributed by atoms with van der Waals surface area (Å²) in [5, 5.41) is 0. The number of ether oxygens (including phenoxy) is 1. The highest BCUT2D eigenvalue weighted by atomic mass is 32.2. The number of aryl methyl sites for hydroxylation is 2. The van der Waals surface area contributed by atoms with Crippen LogP contribution in [0, 0.1) is 36.5 Å². The Bertz CT molecular complexity index is 1170. The van der Waals surface area contributed by atoms with Crippen LogP contribution in [0.3, 0.4) is 0 Å². The van der Waals surface area contributed by atoms with Crippen LogP contribution in [-0.4, -0.2) is 5.97 Å². The van der Waals surface area contributed by atoms with Crippen LogP contribution in [0.1, 0.15) is 50.2 Å². The molecule has 3 aromatic carbocycles. The largest absolute Gasteiger partial charge is 0.426 e. The van der Waals surface area contributed by atoms with E-state index in [-0.39, 0.29) is 11.4 Å². The van der Waals surface area contributed by atoms with Crippen molar-refractivity contribution in [2.75, 3.05) is 0 Å². The number of hydrogen-bond acceptors (Lipinski definition) is 2. The van der Waals surface area contributed by atoms with Gasteiger partial charge in [0.2, 0.25) is 0 Å². The van der Waals surface area contributed by atoms with E-state index < -0.39 is 10.9 Å². The number of thiol groups is 1. The van der Waals surface area contributed by atoms with E-state index in [9.17, 15) is 4.79 Å². The van der Waals surface area contributed by atoms with Gasteiger partial charge in [-0.2, -0.15) is 10.9 Å². The Morgan fingerprint density at radius 1 is 0.853 bits per heavy atom. The maximum Gasteiger partial charge on any atom is 0.317 e. The highest BCUT2D eigenvalue weighted by Crippen LogP contribution is 2.74. The minimum atomic E-state index is -0.679. The van der Waals surface area contributed by atoms with Gasteiger partial charge in [-0.05, 0) is 132 Å². The van der Waals surface area contributed by atoms with Crippen molar-refractivity contribution in [2.24, 2.45) is 22.7 Å². The Hall–Kier alpha value is -2.52. The molecule has 0 N–H and O–H groups in total. The molecule has 0 radical (unpaired) electrons. The van der Waals surface area contributed by atoms with Gasteiger partial charge in [0.25, 0.3) is 0 Å². The van der Waals surface area contributed by atoms with Crippen LogP contribution >= 0.6 is 10.9 Å². The van der Waals surface area contributed by atoms with E-state index in [0.29, 0.717) is 5.41 Å². The standard InChI is InChI=1S/C31H34O2S/c1-21-14-27(34(25-10-6-4-7-11-25)26-12-8-5-9-13-26)15-22(2)28(21)33-29(32)30(3)17-23-16-24-19-31(24,18-23)20-30/h4-15,23-24,34H,16-20H2,1-3H3. The van der Waals surface area contributed by atoms with Crippen LogP contribution in [0.15, 0.2) is 87.5 Å². The van der Waals surface area contributed by atoms with Crippen molar-refractivity contribution < 1.29 is 9.53 Å². The van der Waals surface area contributed by atoms with Crippen molar-refractivity contribution in [1.29, 1.82) is 0 Å². The van der Waals surface area contributed by atoms with E-state index in [2.05, 4.69) is 93.6 Å². The highest BCUT2D eigenvalue weighted by molar-refractivity contribution is 8.17. The van der Waals surface area contributed by atoms with Crippen molar-refractivity contribution in [3.63, 3.8) is 0 Å². The third-order valence-electron chi connectivity index (χ3n) is 8.57. The normalized spacial score (nSPS) is 29.3. The second kappa shape index (κ2) is 8.02. The molecule has 0 aliphatic heterocycles. The van der Waals surface area contributed by atoms with Gasteiger partial charge in [0.1, 0.15) is 5.75 Å². The van der Waals surface area contributed by atoms with Gasteiger partial charge < -0.3 is 4.74 Å². The second-order valence-electron chi connectivity index (χ2n) is 11.3. The third kappa shape index (κ3) is 3.69. The molecule has 4 atom stereocenters. The van der Waals surface area contributed by atoms with E-state index in [4.69, 9.17) is 4.74 Å². The first-order valence-electron chi connectivity index (χ1n) is 12.6. The molecule has 0 amide bonds. The average molecular weight is 471 g/mol. The molecular weight excluding hydrogens is 436 g/mol. The van der Waals surface area contributed by atoms with E-state index in [1.54, 1.807) is 0 Å². The molecule has 176 valence electrons. The lowest BCUT2D eigenvalue weighted by Gasteiger charge is -2.38. The van der Waals surface area contributed by atoms with Crippen LogP contribution in [0.2, 0.25) is 0 Å². The number of esters is 1. The maximum atomic E-state index is 13.5. The van der Waals surface area contributed by atoms with Gasteiger partial charge in [0.05, 0.1) is 5.41 Å². The lowest BCUT2D eigenvalue weighted by Crippen LogP contribution is -2.39. The predicted molar refractivity (Wildman–Crippen MR) is 139 cm³/mol. The van der Waals surface area contributed by atoms with E-state index in [0.717, 1.165) is 41.6 Å². The van der Waals surface area contributed by atoms with E-state index in [1.165, 1.54) is 33.9 Å². The molecule has 0 heterocycles. The van der Waals surface area contributed by atoms with Crippen LogP contribution in [-0.2, 0) is 4.79 Å². The fourth-order valence-electron chi connectivity index (χ4n) is 7.20. The van der Waals surface area contributed by atoms with Gasteiger partial charge in [-0.15, -0.1) is 0 Å². The summed E-state index contributed by atoms with van der Waals surface area (Å²) < 4.78 is 6.22. The zero-order valence-electron chi connectivity index (χ0n) is 20.4. The molecule has 0 aromatic heterocycles. The molecule has 3 aliphatic carbocycles. The van der Waals surface area contributed by atoms with Crippen molar-refractivity contribution in [1.82, 2.24) is 0 Å². The molecule has 3 saturated carbocycles. The monoisotopic (exact) mass is 470 g/mol. The fourth-order valence-corrected chi connectivity index (χ4v) is 9.68. The van der Waals surface area contributed by atoms with E-state index in [1.807, 2.05) is 0 Å². The molecule has 34 heavy (non-hydrogen) atoms. The van der Waals surface area contributed by atoms with Crippen LogP contribution in [0.25, 0.3) is 0 Å². The van der Waals surface area contributed by atoms with Gasteiger partial charge in [0, 0.05) is 0 Å². The first kappa shape index (κ1) is 22.0. The summed E-state index contributed by atoms with van der Waals surface area (Å²) in [5.41, 5.74) is 2.22. The molecular formula is C31H34O2S. The quantitative estimate of drug-likeness (QED) is 0.233. The van der Waals surface area contributed by atoms with E-state index >= 15 is 0 Å². The topological polar surface area (TPSA) is 26.3 Å². The third-order valence-corrected chi connectivity index (χ3v) is 11.0. The highest BCUT2D eigenvalue weighted by Gasteiger charge is 2.66. The molecule has 2 bridgehead atoms. The molecule has 1 spiro atoms. The van der Waals surface area contributed by atoms with Crippen molar-refractivity contribution in [3.8, 4) is 5.75 Å². The molecule has 3 fully saturated rings. The van der Waals surface area contributed by atoms with Crippen LogP contribution in [0.4, 0.5) is 0 Å². The molecule has 3 aliphatic rings. The van der Waals surface area contributed by atoms with Gasteiger partial charge in [-0.25, -0.2) is 0 Å². The lowest BCUT2D eigenvalue weighted by atomic mass is 9.67. The lowest BCUT2D eigenvalue weighted by molar-refractivity contribution is -0.149. The number of carbonyl (C=O) groups excluding carboxylic acids is 1. The Balaban J connectivity index is 1.31. The van der Waals surface area contributed by atoms with Gasteiger partial charge in [-0.1, -0.05) is 36.4 Å². The van der Waals surface area contributed by atoms with Crippen LogP contribution < -0.4 is 4.74 Å². The molecule has 4 unspecified atom stereocenters. The number of rotatable bonds is 5. The minimum Gasteiger partial charge on any atom is -0.426 e. The van der Waals surface area contributed by atoms with Gasteiger partial charge in [0.15, 0.2) is 0 Å². The molecule has 6 rings (SSSR count). The summed E-state index contributed by atoms with van der Waals surface area (Å²) in [5.74, 6) is 2.34.